The fraction of sp³-hybridized carbons (Fsp3) is 0.786. The highest BCUT2D eigenvalue weighted by atomic mass is 16.2. The summed E-state index contributed by atoms with van der Waals surface area (Å²) >= 11 is 0. The molecule has 0 saturated carbocycles. The zero-order valence-corrected chi connectivity index (χ0v) is 11.9. The predicted molar refractivity (Wildman–Crippen MR) is 68.6 cm³/mol. The molecule has 0 aliphatic carbocycles. The van der Waals surface area contributed by atoms with Gasteiger partial charge >= 0.3 is 0 Å². The molecule has 1 rings (SSSR count). The highest BCUT2D eigenvalue weighted by molar-refractivity contribution is 6.14. The minimum Gasteiger partial charge on any atom is -0.329 e. The van der Waals surface area contributed by atoms with E-state index in [1.807, 2.05) is 13.0 Å². The highest BCUT2D eigenvalue weighted by Gasteiger charge is 2.54. The molecule has 0 spiro atoms. The van der Waals surface area contributed by atoms with Crippen LogP contribution in [0.25, 0.3) is 0 Å². The van der Waals surface area contributed by atoms with Crippen molar-refractivity contribution >= 4 is 11.7 Å². The SMILES string of the molecule is CCC1(C)C(=O)C(C#N)C(=O)N1CCC(C)(C)C. The van der Waals surface area contributed by atoms with Gasteiger partial charge in [0.05, 0.1) is 6.07 Å². The molecule has 1 amide bonds. The summed E-state index contributed by atoms with van der Waals surface area (Å²) in [5.41, 5.74) is -0.703. The number of hydrogen-bond acceptors (Lipinski definition) is 3. The average molecular weight is 250 g/mol. The first-order chi connectivity index (χ1) is 8.17. The molecule has 0 aromatic rings. The molecule has 1 heterocycles. The fourth-order valence-corrected chi connectivity index (χ4v) is 2.24. The highest BCUT2D eigenvalue weighted by Crippen LogP contribution is 2.34. The second-order valence-electron chi connectivity index (χ2n) is 6.35. The topological polar surface area (TPSA) is 61.2 Å². The van der Waals surface area contributed by atoms with Crippen molar-refractivity contribution in [2.24, 2.45) is 11.3 Å². The van der Waals surface area contributed by atoms with E-state index in [1.165, 1.54) is 0 Å². The molecule has 1 fully saturated rings. The Balaban J connectivity index is 2.98. The van der Waals surface area contributed by atoms with E-state index in [1.54, 1.807) is 11.8 Å². The largest absolute Gasteiger partial charge is 0.329 e. The minimum absolute atomic E-state index is 0.0999. The Bertz CT molecular complexity index is 403. The molecule has 4 heteroatoms. The molecule has 0 radical (unpaired) electrons. The summed E-state index contributed by atoms with van der Waals surface area (Å²) in [6.45, 7) is 10.5. The molecule has 0 aromatic heterocycles. The summed E-state index contributed by atoms with van der Waals surface area (Å²) in [5.74, 6) is -1.67. The van der Waals surface area contributed by atoms with Gasteiger partial charge in [-0.3, -0.25) is 9.59 Å². The van der Waals surface area contributed by atoms with E-state index in [4.69, 9.17) is 5.26 Å². The van der Waals surface area contributed by atoms with Gasteiger partial charge in [0.2, 0.25) is 5.91 Å². The Morgan fingerprint density at radius 3 is 2.33 bits per heavy atom. The molecule has 100 valence electrons. The molecule has 0 N–H and O–H groups in total. The number of ketones is 1. The molecule has 1 saturated heterocycles. The molecule has 4 nitrogen and oxygen atoms in total. The van der Waals surface area contributed by atoms with Crippen LogP contribution in [0.1, 0.15) is 47.5 Å². The summed E-state index contributed by atoms with van der Waals surface area (Å²) in [6, 6.07) is 1.84. The third-order valence-corrected chi connectivity index (χ3v) is 3.80. The van der Waals surface area contributed by atoms with E-state index >= 15 is 0 Å². The molecule has 0 bridgehead atoms. The lowest BCUT2D eigenvalue weighted by Gasteiger charge is -2.34. The number of likely N-dealkylation sites (tertiary alicyclic amines) is 1. The van der Waals surface area contributed by atoms with E-state index < -0.39 is 11.5 Å². The van der Waals surface area contributed by atoms with Crippen molar-refractivity contribution in [2.45, 2.75) is 53.0 Å². The Morgan fingerprint density at radius 1 is 1.39 bits per heavy atom. The van der Waals surface area contributed by atoms with Gasteiger partial charge in [-0.15, -0.1) is 0 Å². The molecular formula is C14H22N2O2. The Kier molecular flexibility index (Phi) is 3.85. The number of Topliss-reactive ketones (excluding diaryl/α,β-unsaturated/α-hetero) is 1. The van der Waals surface area contributed by atoms with Crippen molar-refractivity contribution < 1.29 is 9.59 Å². The smallest absolute Gasteiger partial charge is 0.248 e. The van der Waals surface area contributed by atoms with Crippen molar-refractivity contribution in [3.05, 3.63) is 0 Å². The molecule has 18 heavy (non-hydrogen) atoms. The quantitative estimate of drug-likeness (QED) is 0.721. The first-order valence-electron chi connectivity index (χ1n) is 6.43. The Hall–Kier alpha value is -1.37. The van der Waals surface area contributed by atoms with Gasteiger partial charge in [0.15, 0.2) is 11.7 Å². The normalized spacial score (nSPS) is 28.7. The predicted octanol–water partition coefficient (Wildman–Crippen LogP) is 2.14. The summed E-state index contributed by atoms with van der Waals surface area (Å²) in [5, 5.41) is 8.96. The number of amides is 1. The van der Waals surface area contributed by atoms with E-state index in [0.717, 1.165) is 6.42 Å². The molecule has 2 atom stereocenters. The Morgan fingerprint density at radius 2 is 1.94 bits per heavy atom. The van der Waals surface area contributed by atoms with E-state index in [9.17, 15) is 9.59 Å². The number of nitrogens with zero attached hydrogens (tertiary/aromatic N) is 2. The van der Waals surface area contributed by atoms with Crippen molar-refractivity contribution in [3.63, 3.8) is 0 Å². The van der Waals surface area contributed by atoms with Crippen LogP contribution in [-0.4, -0.2) is 28.7 Å². The minimum atomic E-state index is -1.10. The first-order valence-corrected chi connectivity index (χ1v) is 6.43. The monoisotopic (exact) mass is 250 g/mol. The van der Waals surface area contributed by atoms with E-state index in [-0.39, 0.29) is 17.1 Å². The van der Waals surface area contributed by atoms with Crippen LogP contribution in [0.4, 0.5) is 0 Å². The van der Waals surface area contributed by atoms with Crippen LogP contribution in [0.15, 0.2) is 0 Å². The van der Waals surface area contributed by atoms with Crippen LogP contribution in [0, 0.1) is 22.7 Å². The van der Waals surface area contributed by atoms with Crippen molar-refractivity contribution in [2.75, 3.05) is 6.54 Å². The van der Waals surface area contributed by atoms with Crippen molar-refractivity contribution in [1.29, 1.82) is 5.26 Å². The van der Waals surface area contributed by atoms with E-state index in [0.29, 0.717) is 13.0 Å². The van der Waals surface area contributed by atoms with Gasteiger partial charge in [-0.25, -0.2) is 0 Å². The number of carbonyl (C=O) groups is 2. The maximum atomic E-state index is 12.1. The average Bonchev–Trinajstić information content (AvgIpc) is 2.45. The fourth-order valence-electron chi connectivity index (χ4n) is 2.24. The second-order valence-corrected chi connectivity index (χ2v) is 6.35. The van der Waals surface area contributed by atoms with Crippen LogP contribution in [0.2, 0.25) is 0 Å². The van der Waals surface area contributed by atoms with Gasteiger partial charge in [-0.1, -0.05) is 27.7 Å². The van der Waals surface area contributed by atoms with Crippen molar-refractivity contribution in [1.82, 2.24) is 4.90 Å². The zero-order chi connectivity index (χ0) is 14.1. The van der Waals surface area contributed by atoms with Crippen LogP contribution in [0.3, 0.4) is 0 Å². The summed E-state index contributed by atoms with van der Waals surface area (Å²) < 4.78 is 0. The molecule has 0 aromatic carbocycles. The summed E-state index contributed by atoms with van der Waals surface area (Å²) in [4.78, 5) is 25.9. The van der Waals surface area contributed by atoms with Gasteiger partial charge in [-0.05, 0) is 25.2 Å². The molecule has 1 aliphatic rings. The molecular weight excluding hydrogens is 228 g/mol. The number of hydrogen-bond donors (Lipinski definition) is 0. The number of carbonyl (C=O) groups excluding carboxylic acids is 2. The maximum absolute atomic E-state index is 12.1. The van der Waals surface area contributed by atoms with Gasteiger partial charge in [0, 0.05) is 6.54 Å². The molecule has 1 aliphatic heterocycles. The third-order valence-electron chi connectivity index (χ3n) is 3.80. The second kappa shape index (κ2) is 4.72. The zero-order valence-electron chi connectivity index (χ0n) is 11.9. The standard InChI is InChI=1S/C14H22N2O2/c1-6-14(5)11(17)10(9-15)12(18)16(14)8-7-13(2,3)4/h10H,6-8H2,1-5H3. The first kappa shape index (κ1) is 14.7. The summed E-state index contributed by atoms with van der Waals surface area (Å²) in [6.07, 6.45) is 1.37. The van der Waals surface area contributed by atoms with Gasteiger partial charge in [0.1, 0.15) is 5.54 Å². The van der Waals surface area contributed by atoms with Crippen LogP contribution in [0.5, 0.6) is 0 Å². The Labute approximate surface area is 109 Å². The lowest BCUT2D eigenvalue weighted by Crippen LogP contribution is -2.47. The van der Waals surface area contributed by atoms with E-state index in [2.05, 4.69) is 20.8 Å². The lowest BCUT2D eigenvalue weighted by molar-refractivity contribution is -0.133. The van der Waals surface area contributed by atoms with Crippen LogP contribution in [-0.2, 0) is 9.59 Å². The third kappa shape index (κ3) is 2.40. The summed E-state index contributed by atoms with van der Waals surface area (Å²) in [7, 11) is 0. The van der Waals surface area contributed by atoms with Gasteiger partial charge in [0.25, 0.3) is 0 Å². The number of nitriles is 1. The van der Waals surface area contributed by atoms with Crippen LogP contribution >= 0.6 is 0 Å². The lowest BCUT2D eigenvalue weighted by atomic mass is 9.88. The van der Waals surface area contributed by atoms with Gasteiger partial charge < -0.3 is 4.90 Å². The van der Waals surface area contributed by atoms with Gasteiger partial charge in [-0.2, -0.15) is 5.26 Å². The maximum Gasteiger partial charge on any atom is 0.248 e. The molecule has 2 unspecified atom stereocenters. The van der Waals surface area contributed by atoms with Crippen molar-refractivity contribution in [3.8, 4) is 6.07 Å². The number of rotatable bonds is 3. The van der Waals surface area contributed by atoms with Crippen LogP contribution < -0.4 is 0 Å².